The number of rotatable bonds is 6. The van der Waals surface area contributed by atoms with Crippen LogP contribution in [0, 0.1) is 6.92 Å². The molecule has 0 aromatic heterocycles. The van der Waals surface area contributed by atoms with Crippen LogP contribution in [0.15, 0.2) is 77.3 Å². The van der Waals surface area contributed by atoms with Crippen LogP contribution in [0.4, 0.5) is 11.4 Å². The molecule has 0 spiro atoms. The van der Waals surface area contributed by atoms with E-state index in [9.17, 15) is 9.59 Å². The fraction of sp³-hybridized carbons (Fsp3) is 0.214. The van der Waals surface area contributed by atoms with Crippen molar-refractivity contribution in [1.82, 2.24) is 4.90 Å². The summed E-state index contributed by atoms with van der Waals surface area (Å²) in [5.74, 6) is 0.569. The lowest BCUT2D eigenvalue weighted by Crippen LogP contribution is -2.48. The first kappa shape index (κ1) is 24.5. The van der Waals surface area contributed by atoms with Gasteiger partial charge in [0.2, 0.25) is 5.91 Å². The van der Waals surface area contributed by atoms with Crippen molar-refractivity contribution in [2.75, 3.05) is 43.5 Å². The smallest absolute Gasteiger partial charge is 0.254 e. The lowest BCUT2D eigenvalue weighted by Gasteiger charge is -2.36. The van der Waals surface area contributed by atoms with E-state index in [1.165, 1.54) is 6.08 Å². The summed E-state index contributed by atoms with van der Waals surface area (Å²) in [5.41, 5.74) is 4.38. The number of carbonyl (C=O) groups excluding carboxylic acids is 2. The third-order valence-corrected chi connectivity index (χ3v) is 6.54. The molecule has 2 amide bonds. The van der Waals surface area contributed by atoms with Crippen LogP contribution in [0.1, 0.15) is 21.5 Å². The van der Waals surface area contributed by atoms with Crippen molar-refractivity contribution in [2.45, 2.75) is 6.92 Å². The topological polar surface area (TPSA) is 61.9 Å². The van der Waals surface area contributed by atoms with E-state index in [1.807, 2.05) is 78.6 Å². The summed E-state index contributed by atoms with van der Waals surface area (Å²) in [6, 6.07) is 21.1. The number of hydrogen-bond donors (Lipinski definition) is 1. The maximum absolute atomic E-state index is 12.9. The highest BCUT2D eigenvalue weighted by Crippen LogP contribution is 2.24. The lowest BCUT2D eigenvalue weighted by molar-refractivity contribution is -0.111. The van der Waals surface area contributed by atoms with Gasteiger partial charge in [-0.1, -0.05) is 34.1 Å². The number of anilines is 2. The summed E-state index contributed by atoms with van der Waals surface area (Å²) >= 11 is 3.44. The van der Waals surface area contributed by atoms with Crippen molar-refractivity contribution in [3.8, 4) is 5.75 Å². The lowest BCUT2D eigenvalue weighted by atomic mass is 10.1. The second kappa shape index (κ2) is 11.2. The summed E-state index contributed by atoms with van der Waals surface area (Å²) in [6.45, 7) is 4.85. The van der Waals surface area contributed by atoms with Crippen molar-refractivity contribution >= 4 is 45.2 Å². The molecule has 1 aliphatic rings. The minimum absolute atomic E-state index is 0.0920. The fourth-order valence-electron chi connectivity index (χ4n) is 4.09. The average Bonchev–Trinajstić information content (AvgIpc) is 2.88. The molecule has 1 saturated heterocycles. The van der Waals surface area contributed by atoms with Gasteiger partial charge in [-0.05, 0) is 67.1 Å². The molecule has 0 aliphatic carbocycles. The van der Waals surface area contributed by atoms with Crippen molar-refractivity contribution in [1.29, 1.82) is 0 Å². The van der Waals surface area contributed by atoms with E-state index in [0.29, 0.717) is 18.8 Å². The molecule has 3 aromatic rings. The van der Waals surface area contributed by atoms with Gasteiger partial charge in [-0.25, -0.2) is 0 Å². The number of halogens is 1. The third-order valence-electron chi connectivity index (χ3n) is 6.05. The molecular weight excluding hydrogens is 506 g/mol. The molecule has 0 saturated carbocycles. The van der Waals surface area contributed by atoms with Crippen LogP contribution in [-0.4, -0.2) is 50.0 Å². The zero-order valence-corrected chi connectivity index (χ0v) is 21.4. The summed E-state index contributed by atoms with van der Waals surface area (Å²) < 4.78 is 6.25. The molecular formula is C28H28BrN3O3. The minimum atomic E-state index is -0.219. The Bertz CT molecular complexity index is 1230. The van der Waals surface area contributed by atoms with Gasteiger partial charge in [0.1, 0.15) is 5.75 Å². The summed E-state index contributed by atoms with van der Waals surface area (Å²) in [4.78, 5) is 29.4. The number of benzene rings is 3. The van der Waals surface area contributed by atoms with Crippen molar-refractivity contribution < 1.29 is 14.3 Å². The van der Waals surface area contributed by atoms with E-state index in [1.54, 1.807) is 13.2 Å². The molecule has 3 aromatic carbocycles. The number of aryl methyl sites for hydroxylation is 1. The van der Waals surface area contributed by atoms with Crippen LogP contribution >= 0.6 is 15.9 Å². The first-order chi connectivity index (χ1) is 16.9. The Morgan fingerprint density at radius 1 is 0.971 bits per heavy atom. The highest BCUT2D eigenvalue weighted by Gasteiger charge is 2.23. The minimum Gasteiger partial charge on any atom is -0.496 e. The first-order valence-electron chi connectivity index (χ1n) is 11.5. The van der Waals surface area contributed by atoms with E-state index in [-0.39, 0.29) is 11.8 Å². The molecule has 1 N–H and O–H groups in total. The molecule has 1 heterocycles. The Morgan fingerprint density at radius 2 is 1.69 bits per heavy atom. The van der Waals surface area contributed by atoms with Gasteiger partial charge in [0.25, 0.3) is 5.91 Å². The number of hydrogen-bond acceptors (Lipinski definition) is 4. The molecule has 6 nitrogen and oxygen atoms in total. The standard InChI is InChI=1S/C28H28BrN3O3/c1-20-5-3-4-6-25(20)28(34)32-17-15-31(16-18-32)24-11-9-23(10-12-24)30-27(33)14-7-21-19-22(29)8-13-26(21)35-2/h3-14,19H,15-18H2,1-2H3,(H,30,33). The number of ether oxygens (including phenoxy) is 1. The largest absolute Gasteiger partial charge is 0.496 e. The summed E-state index contributed by atoms with van der Waals surface area (Å²) in [6.07, 6.45) is 3.22. The van der Waals surface area contributed by atoms with Crippen molar-refractivity contribution in [3.05, 3.63) is 94.0 Å². The maximum atomic E-state index is 12.9. The summed E-state index contributed by atoms with van der Waals surface area (Å²) in [7, 11) is 1.60. The van der Waals surface area contributed by atoms with Crippen LogP contribution in [0.25, 0.3) is 6.08 Å². The van der Waals surface area contributed by atoms with Gasteiger partial charge < -0.3 is 19.9 Å². The first-order valence-corrected chi connectivity index (χ1v) is 12.3. The molecule has 1 fully saturated rings. The second-order valence-electron chi connectivity index (χ2n) is 8.35. The Kier molecular flexibility index (Phi) is 7.87. The number of methoxy groups -OCH3 is 1. The van der Waals surface area contributed by atoms with E-state index in [2.05, 4.69) is 26.1 Å². The van der Waals surface area contributed by atoms with Crippen molar-refractivity contribution in [3.63, 3.8) is 0 Å². The molecule has 4 rings (SSSR count). The normalized spacial score (nSPS) is 13.7. The van der Waals surface area contributed by atoms with Gasteiger partial charge in [0, 0.05) is 59.2 Å². The zero-order valence-electron chi connectivity index (χ0n) is 19.8. The molecule has 35 heavy (non-hydrogen) atoms. The van der Waals surface area contributed by atoms with Crippen LogP contribution in [0.3, 0.4) is 0 Å². The monoisotopic (exact) mass is 533 g/mol. The Balaban J connectivity index is 1.32. The van der Waals surface area contributed by atoms with Crippen LogP contribution in [0.5, 0.6) is 5.75 Å². The Labute approximate surface area is 214 Å². The average molecular weight is 534 g/mol. The van der Waals surface area contributed by atoms with E-state index >= 15 is 0 Å². The molecule has 0 atom stereocenters. The van der Waals surface area contributed by atoms with E-state index < -0.39 is 0 Å². The third kappa shape index (κ3) is 6.11. The molecule has 7 heteroatoms. The molecule has 1 aliphatic heterocycles. The van der Waals surface area contributed by atoms with Gasteiger partial charge in [-0.2, -0.15) is 0 Å². The van der Waals surface area contributed by atoms with Crippen LogP contribution in [0.2, 0.25) is 0 Å². The fourth-order valence-corrected chi connectivity index (χ4v) is 4.47. The van der Waals surface area contributed by atoms with Gasteiger partial charge in [0.05, 0.1) is 7.11 Å². The predicted molar refractivity (Wildman–Crippen MR) is 144 cm³/mol. The molecule has 180 valence electrons. The summed E-state index contributed by atoms with van der Waals surface area (Å²) in [5, 5.41) is 2.89. The Hall–Kier alpha value is -3.58. The number of carbonyl (C=O) groups is 2. The van der Waals surface area contributed by atoms with Crippen molar-refractivity contribution in [2.24, 2.45) is 0 Å². The molecule has 0 bridgehead atoms. The number of amides is 2. The highest BCUT2D eigenvalue weighted by atomic mass is 79.9. The van der Waals surface area contributed by atoms with Crippen LogP contribution < -0.4 is 15.0 Å². The van der Waals surface area contributed by atoms with Gasteiger partial charge >= 0.3 is 0 Å². The van der Waals surface area contributed by atoms with Gasteiger partial charge in [-0.15, -0.1) is 0 Å². The van der Waals surface area contributed by atoms with E-state index in [0.717, 1.165) is 45.6 Å². The molecule has 0 radical (unpaired) electrons. The zero-order chi connectivity index (χ0) is 24.8. The molecule has 0 unspecified atom stereocenters. The van der Waals surface area contributed by atoms with Crippen LogP contribution in [-0.2, 0) is 4.79 Å². The quantitative estimate of drug-likeness (QED) is 0.432. The van der Waals surface area contributed by atoms with Gasteiger partial charge in [0.15, 0.2) is 0 Å². The van der Waals surface area contributed by atoms with Gasteiger partial charge in [-0.3, -0.25) is 9.59 Å². The number of piperazine rings is 1. The number of nitrogens with one attached hydrogen (secondary N) is 1. The highest BCUT2D eigenvalue weighted by molar-refractivity contribution is 9.10. The SMILES string of the molecule is COc1ccc(Br)cc1C=CC(=O)Nc1ccc(N2CCN(C(=O)c3ccccc3C)CC2)cc1. The predicted octanol–water partition coefficient (Wildman–Crippen LogP) is 5.38. The van der Waals surface area contributed by atoms with E-state index in [4.69, 9.17) is 4.74 Å². The Morgan fingerprint density at radius 3 is 2.37 bits per heavy atom. The maximum Gasteiger partial charge on any atom is 0.254 e. The second-order valence-corrected chi connectivity index (χ2v) is 9.27. The number of nitrogens with zero attached hydrogens (tertiary/aromatic N) is 2.